The third-order valence-corrected chi connectivity index (χ3v) is 3.93. The van der Waals surface area contributed by atoms with Gasteiger partial charge in [-0.15, -0.1) is 0 Å². The summed E-state index contributed by atoms with van der Waals surface area (Å²) in [4.78, 5) is 11.2. The van der Waals surface area contributed by atoms with Crippen molar-refractivity contribution in [2.75, 3.05) is 6.54 Å². The molecule has 1 aromatic carbocycles. The zero-order valence-corrected chi connectivity index (χ0v) is 15.2. The highest BCUT2D eigenvalue weighted by Crippen LogP contribution is 2.33. The normalized spacial score (nSPS) is 12.3. The van der Waals surface area contributed by atoms with E-state index in [-0.39, 0.29) is 5.91 Å². The second kappa shape index (κ2) is 9.39. The predicted octanol–water partition coefficient (Wildman–Crippen LogP) is 4.83. The van der Waals surface area contributed by atoms with E-state index in [0.717, 1.165) is 36.8 Å². The highest BCUT2D eigenvalue weighted by molar-refractivity contribution is 5.75. The van der Waals surface area contributed by atoms with Crippen LogP contribution in [-0.4, -0.2) is 17.6 Å². The largest absolute Gasteiger partial charge is 0.508 e. The molecule has 2 N–H and O–H groups in total. The van der Waals surface area contributed by atoms with Crippen molar-refractivity contribution in [3.63, 3.8) is 0 Å². The Morgan fingerprint density at radius 3 is 2.52 bits per heavy atom. The number of phenols is 1. The summed E-state index contributed by atoms with van der Waals surface area (Å²) in [6.45, 7) is 10.9. The molecule has 0 aliphatic carbocycles. The highest BCUT2D eigenvalue weighted by atomic mass is 16.3. The van der Waals surface area contributed by atoms with Gasteiger partial charge in [0, 0.05) is 13.5 Å². The molecule has 3 heteroatoms. The Bertz CT molecular complexity index is 559. The van der Waals surface area contributed by atoms with Gasteiger partial charge < -0.3 is 10.4 Å². The number of benzene rings is 1. The molecule has 0 saturated carbocycles. The Morgan fingerprint density at radius 2 is 1.96 bits per heavy atom. The molecule has 0 aromatic heterocycles. The van der Waals surface area contributed by atoms with Gasteiger partial charge in [0.2, 0.25) is 5.91 Å². The van der Waals surface area contributed by atoms with E-state index in [1.54, 1.807) is 13.0 Å². The third kappa shape index (κ3) is 6.47. The number of aromatic hydroxyl groups is 1. The van der Waals surface area contributed by atoms with Crippen LogP contribution in [0.15, 0.2) is 23.8 Å². The van der Waals surface area contributed by atoms with Gasteiger partial charge in [-0.3, -0.25) is 4.79 Å². The van der Waals surface area contributed by atoms with Crippen LogP contribution in [0, 0.1) is 12.8 Å². The molecule has 128 valence electrons. The monoisotopic (exact) mass is 317 g/mol. The molecular weight excluding hydrogens is 286 g/mol. The van der Waals surface area contributed by atoms with Gasteiger partial charge in [0.05, 0.1) is 0 Å². The van der Waals surface area contributed by atoms with Crippen LogP contribution >= 0.6 is 0 Å². The smallest absolute Gasteiger partial charge is 0.216 e. The number of nitrogens with one attached hydrogen (secondary N) is 1. The zero-order valence-electron chi connectivity index (χ0n) is 15.2. The van der Waals surface area contributed by atoms with Crippen LogP contribution in [0.2, 0.25) is 0 Å². The molecule has 0 aliphatic heterocycles. The average Bonchev–Trinajstić information content (AvgIpc) is 2.45. The minimum atomic E-state index is -0.00196. The summed E-state index contributed by atoms with van der Waals surface area (Å²) >= 11 is 0. The van der Waals surface area contributed by atoms with E-state index in [1.807, 2.05) is 12.1 Å². The fourth-order valence-electron chi connectivity index (χ4n) is 2.97. The molecular formula is C20H31NO2. The second-order valence-corrected chi connectivity index (χ2v) is 6.66. The molecule has 1 rings (SSSR count). The van der Waals surface area contributed by atoms with Crippen LogP contribution < -0.4 is 5.32 Å². The number of hydrogen-bond acceptors (Lipinski definition) is 2. The molecule has 0 unspecified atom stereocenters. The standard InChI is InChI=1S/C20H31NO2/c1-6-7-17(12-14(2)3)19(10-11-21-16(5)22)20-13-18(23)9-8-15(20)4/h8-9,13-14,23H,6-7,10-12H2,1-5H3,(H,21,22)/b19-17+. The first-order chi connectivity index (χ1) is 10.8. The Hall–Kier alpha value is -1.77. The average molecular weight is 317 g/mol. The van der Waals surface area contributed by atoms with Gasteiger partial charge in [0.25, 0.3) is 0 Å². The van der Waals surface area contributed by atoms with Crippen molar-refractivity contribution in [3.8, 4) is 5.75 Å². The van der Waals surface area contributed by atoms with Gasteiger partial charge in [-0.1, -0.05) is 38.8 Å². The topological polar surface area (TPSA) is 49.3 Å². The SMILES string of the molecule is CCC/C(CC(C)C)=C(/CCNC(C)=O)c1cc(O)ccc1C. The van der Waals surface area contributed by atoms with Crippen LogP contribution in [0.4, 0.5) is 0 Å². The molecule has 0 spiro atoms. The maximum Gasteiger partial charge on any atom is 0.216 e. The number of amides is 1. The Kier molecular flexibility index (Phi) is 7.87. The van der Waals surface area contributed by atoms with E-state index in [1.165, 1.54) is 11.1 Å². The minimum absolute atomic E-state index is 0.00196. The van der Waals surface area contributed by atoms with Crippen LogP contribution in [0.3, 0.4) is 0 Å². The lowest BCUT2D eigenvalue weighted by molar-refractivity contribution is -0.118. The van der Waals surface area contributed by atoms with Gasteiger partial charge in [-0.05, 0) is 60.9 Å². The van der Waals surface area contributed by atoms with E-state index >= 15 is 0 Å². The summed E-state index contributed by atoms with van der Waals surface area (Å²) in [5.74, 6) is 0.880. The molecule has 0 bridgehead atoms. The molecule has 3 nitrogen and oxygen atoms in total. The Morgan fingerprint density at radius 1 is 1.26 bits per heavy atom. The van der Waals surface area contributed by atoms with Gasteiger partial charge in [-0.25, -0.2) is 0 Å². The molecule has 0 heterocycles. The fraction of sp³-hybridized carbons (Fsp3) is 0.550. The molecule has 0 radical (unpaired) electrons. The van der Waals surface area contributed by atoms with E-state index in [9.17, 15) is 9.90 Å². The maximum absolute atomic E-state index is 11.2. The third-order valence-electron chi connectivity index (χ3n) is 3.93. The first-order valence-electron chi connectivity index (χ1n) is 8.60. The molecule has 23 heavy (non-hydrogen) atoms. The Balaban J connectivity index is 3.26. The predicted molar refractivity (Wildman–Crippen MR) is 97.4 cm³/mol. The summed E-state index contributed by atoms with van der Waals surface area (Å²) in [7, 11) is 0. The van der Waals surface area contributed by atoms with E-state index in [4.69, 9.17) is 0 Å². The van der Waals surface area contributed by atoms with E-state index < -0.39 is 0 Å². The molecule has 1 amide bonds. The lowest BCUT2D eigenvalue weighted by atomic mass is 9.87. The lowest BCUT2D eigenvalue weighted by Gasteiger charge is -2.20. The van der Waals surface area contributed by atoms with Crippen molar-refractivity contribution >= 4 is 11.5 Å². The number of phenolic OH excluding ortho intramolecular Hbond substituents is 1. The van der Waals surface area contributed by atoms with Gasteiger partial charge in [0.15, 0.2) is 0 Å². The first kappa shape index (κ1) is 19.3. The van der Waals surface area contributed by atoms with Crippen LogP contribution in [0.5, 0.6) is 5.75 Å². The summed E-state index contributed by atoms with van der Waals surface area (Å²) in [5, 5.41) is 12.8. The maximum atomic E-state index is 11.2. The highest BCUT2D eigenvalue weighted by Gasteiger charge is 2.14. The number of hydrogen-bond donors (Lipinski definition) is 2. The fourth-order valence-corrected chi connectivity index (χ4v) is 2.97. The lowest BCUT2D eigenvalue weighted by Crippen LogP contribution is -2.21. The zero-order chi connectivity index (χ0) is 17.4. The number of rotatable bonds is 8. The van der Waals surface area contributed by atoms with Crippen molar-refractivity contribution in [2.45, 2.75) is 60.3 Å². The second-order valence-electron chi connectivity index (χ2n) is 6.66. The van der Waals surface area contributed by atoms with Gasteiger partial charge in [-0.2, -0.15) is 0 Å². The van der Waals surface area contributed by atoms with Crippen LogP contribution in [0.1, 0.15) is 64.5 Å². The quantitative estimate of drug-likeness (QED) is 0.721. The van der Waals surface area contributed by atoms with Gasteiger partial charge in [0.1, 0.15) is 5.75 Å². The number of allylic oxidation sites excluding steroid dienone is 1. The summed E-state index contributed by atoms with van der Waals surface area (Å²) < 4.78 is 0. The van der Waals surface area contributed by atoms with Crippen molar-refractivity contribution in [3.05, 3.63) is 34.9 Å². The van der Waals surface area contributed by atoms with Crippen molar-refractivity contribution in [2.24, 2.45) is 5.92 Å². The van der Waals surface area contributed by atoms with E-state index in [2.05, 4.69) is 33.0 Å². The molecule has 0 fully saturated rings. The first-order valence-corrected chi connectivity index (χ1v) is 8.60. The number of carbonyl (C=O) groups is 1. The summed E-state index contributed by atoms with van der Waals surface area (Å²) in [5.41, 5.74) is 5.00. The van der Waals surface area contributed by atoms with E-state index in [0.29, 0.717) is 18.2 Å². The molecule has 1 aromatic rings. The minimum Gasteiger partial charge on any atom is -0.508 e. The van der Waals surface area contributed by atoms with Crippen molar-refractivity contribution in [1.29, 1.82) is 0 Å². The van der Waals surface area contributed by atoms with Crippen molar-refractivity contribution in [1.82, 2.24) is 5.32 Å². The molecule has 0 aliphatic rings. The number of aryl methyl sites for hydroxylation is 1. The molecule has 0 saturated heterocycles. The summed E-state index contributed by atoms with van der Waals surface area (Å²) in [6, 6.07) is 5.54. The molecule has 0 atom stereocenters. The van der Waals surface area contributed by atoms with Crippen LogP contribution in [-0.2, 0) is 4.79 Å². The summed E-state index contributed by atoms with van der Waals surface area (Å²) in [6.07, 6.45) is 4.01. The van der Waals surface area contributed by atoms with Crippen molar-refractivity contribution < 1.29 is 9.90 Å². The van der Waals surface area contributed by atoms with Gasteiger partial charge >= 0.3 is 0 Å². The van der Waals surface area contributed by atoms with Crippen LogP contribution in [0.25, 0.3) is 5.57 Å². The Labute approximate surface area is 140 Å². The number of carbonyl (C=O) groups excluding carboxylic acids is 1.